The lowest BCUT2D eigenvalue weighted by Gasteiger charge is -2.30. The summed E-state index contributed by atoms with van der Waals surface area (Å²) >= 11 is 9.00. The molecule has 4 aromatic carbocycles. The third-order valence-electron chi connectivity index (χ3n) is 14.2. The van der Waals surface area contributed by atoms with Crippen molar-refractivity contribution < 1.29 is 61.8 Å². The van der Waals surface area contributed by atoms with Gasteiger partial charge in [-0.1, -0.05) is 132 Å². The number of ether oxygens (including phenoxy) is 3. The molecule has 8 atom stereocenters. The number of nitrogens with one attached hydrogen (secondary N) is 1. The Morgan fingerprint density at radius 2 is 1.06 bits per heavy atom. The number of amides is 2. The Kier molecular flexibility index (Phi) is 29.1. The van der Waals surface area contributed by atoms with E-state index >= 15 is 0 Å². The summed E-state index contributed by atoms with van der Waals surface area (Å²) in [5.41, 5.74) is 11.4. The molecular weight excluding hydrogens is 1060 g/mol. The molecular formula is C59H81F4N5O9S2. The number of alkyl halides is 4. The molecule has 0 spiro atoms. The molecule has 0 radical (unpaired) electrons. The number of carbonyl (C=O) groups excluding carboxylic acids is 2. The van der Waals surface area contributed by atoms with Crippen LogP contribution in [0.5, 0.6) is 0 Å². The van der Waals surface area contributed by atoms with Crippen molar-refractivity contribution in [3.8, 4) is 0 Å². The number of aliphatic hydroxyl groups excluding tert-OH is 4. The van der Waals surface area contributed by atoms with Gasteiger partial charge in [-0.05, 0) is 135 Å². The van der Waals surface area contributed by atoms with Crippen LogP contribution >= 0.6 is 24.4 Å². The van der Waals surface area contributed by atoms with Crippen molar-refractivity contribution in [1.82, 2.24) is 10.2 Å². The van der Waals surface area contributed by atoms with Crippen molar-refractivity contribution >= 4 is 58.0 Å². The molecule has 14 nitrogen and oxygen atoms in total. The average Bonchev–Trinajstić information content (AvgIpc) is 4.07. The van der Waals surface area contributed by atoms with E-state index in [0.29, 0.717) is 50.9 Å². The predicted octanol–water partition coefficient (Wildman–Crippen LogP) is 10.3. The van der Waals surface area contributed by atoms with Crippen molar-refractivity contribution in [2.24, 2.45) is 5.73 Å². The average molecular weight is 1140 g/mol. The Morgan fingerprint density at radius 1 is 0.646 bits per heavy atom. The van der Waals surface area contributed by atoms with Gasteiger partial charge in [0.15, 0.2) is 0 Å². The molecule has 4 fully saturated rings. The van der Waals surface area contributed by atoms with Crippen LogP contribution in [0.3, 0.4) is 0 Å². The second-order valence-corrected chi connectivity index (χ2v) is 20.1. The van der Waals surface area contributed by atoms with Gasteiger partial charge in [0.1, 0.15) is 17.2 Å². The molecule has 0 bridgehead atoms. The Balaban J connectivity index is 0.000000239. The molecule has 4 unspecified atom stereocenters. The number of hydrogen-bond donors (Lipinski definition) is 6. The lowest BCUT2D eigenvalue weighted by atomic mass is 9.81. The minimum atomic E-state index is -2.74. The number of benzene rings is 4. The summed E-state index contributed by atoms with van der Waals surface area (Å²) in [4.78, 5) is 28.7. The molecule has 8 rings (SSSR count). The lowest BCUT2D eigenvalue weighted by molar-refractivity contribution is -0.0149. The molecule has 20 heteroatoms. The van der Waals surface area contributed by atoms with Crippen LogP contribution in [-0.4, -0.2) is 149 Å². The minimum absolute atomic E-state index is 0.0335. The second kappa shape index (κ2) is 34.7. The Bertz CT molecular complexity index is 2360. The zero-order valence-electron chi connectivity index (χ0n) is 45.9. The highest BCUT2D eigenvalue weighted by atomic mass is 32.1. The zero-order valence-corrected chi connectivity index (χ0v) is 47.6. The predicted molar refractivity (Wildman–Crippen MR) is 310 cm³/mol. The largest absolute Gasteiger partial charge is 0.482 e. The van der Waals surface area contributed by atoms with Gasteiger partial charge in [0, 0.05) is 23.8 Å². The summed E-state index contributed by atoms with van der Waals surface area (Å²) in [5, 5.41) is 40.6. The highest BCUT2D eigenvalue weighted by molar-refractivity contribution is 7.80. The van der Waals surface area contributed by atoms with Gasteiger partial charge in [-0.15, -0.1) is 0 Å². The van der Waals surface area contributed by atoms with E-state index in [1.807, 2.05) is 111 Å². The van der Waals surface area contributed by atoms with Crippen LogP contribution in [0.25, 0.3) is 0 Å². The molecule has 2 saturated heterocycles. The van der Waals surface area contributed by atoms with Crippen LogP contribution in [0.4, 0.5) is 38.5 Å². The van der Waals surface area contributed by atoms with E-state index in [1.54, 1.807) is 17.0 Å². The van der Waals surface area contributed by atoms with E-state index in [2.05, 4.69) is 55.4 Å². The summed E-state index contributed by atoms with van der Waals surface area (Å²) in [6.45, 7) is 15.4. The third kappa shape index (κ3) is 20.9. The van der Waals surface area contributed by atoms with Gasteiger partial charge in [0.2, 0.25) is 5.05 Å². The highest BCUT2D eigenvalue weighted by Crippen LogP contribution is 2.36. The Morgan fingerprint density at radius 3 is 1.42 bits per heavy atom. The molecule has 2 amide bonds. The molecule has 7 N–H and O–H groups in total. The van der Waals surface area contributed by atoms with Crippen molar-refractivity contribution in [1.29, 1.82) is 0 Å². The number of halogens is 4. The van der Waals surface area contributed by atoms with E-state index in [-0.39, 0.29) is 49.6 Å². The van der Waals surface area contributed by atoms with E-state index in [9.17, 15) is 47.6 Å². The van der Waals surface area contributed by atoms with Crippen LogP contribution in [0.1, 0.15) is 120 Å². The summed E-state index contributed by atoms with van der Waals surface area (Å²) in [5.74, 6) is 0.512. The standard InChI is InChI=1S/C18H22F2N2O4S.C17H16F2OS.C16H22N2O4.C6H15N.C2H6/c19-16(20)17(27)21-8-13-9-22(18(25)26-13)12-4-1-10(2-5-12)11-3-6-14(23)15(24)7-11;18-16(19)17(21)20-12-11-15(13-7-3-1-4-8-13)14-9-5-2-6-10-14;17-8-13-9-18(16(21)22-13)12-4-1-10(2-5-12)11-3-6-14(19)15(20)7-11;1-4-7(5-2)6-3;1-2/h1-2,4-5,11,13-16,23-24H,3,6-9H2,(H,21,27);1-10,15-16H,11-12H2;1-2,4-5,11,13-15,19-20H,3,6-9,17H2;4-6H2,1-3H3;1-2H3/t11?,13-,14?,15-;;11?,13-,14?,15-;;/m0.0../s1. The third-order valence-corrected chi connectivity index (χ3v) is 14.8. The molecule has 79 heavy (non-hydrogen) atoms. The number of thiocarbonyl (C=S) groups is 2. The SMILES string of the molecule is CC.CCN(CC)CC.FC(F)C(=S)OCCC(c1ccccc1)c1ccccc1.NC[C@H]1CN(c2ccc(C3CCC(O)[C@@H](O)C3)cc2)C(=O)O1.O=C1O[C@@H](CNC(=S)C(F)F)CN1c1ccc(C2CCC(O)[C@@H](O)C2)cc1. The smallest absolute Gasteiger partial charge is 0.414 e. The molecule has 2 aliphatic heterocycles. The van der Waals surface area contributed by atoms with E-state index in [0.717, 1.165) is 40.8 Å². The molecule has 2 aliphatic carbocycles. The first kappa shape index (κ1) is 66.2. The van der Waals surface area contributed by atoms with Gasteiger partial charge in [-0.2, -0.15) is 0 Å². The maximum Gasteiger partial charge on any atom is 0.414 e. The quantitative estimate of drug-likeness (QED) is 0.0433. The second-order valence-electron chi connectivity index (χ2n) is 19.2. The van der Waals surface area contributed by atoms with Gasteiger partial charge in [0.25, 0.3) is 6.43 Å². The maximum atomic E-state index is 12.4. The zero-order chi connectivity index (χ0) is 58.0. The summed E-state index contributed by atoms with van der Waals surface area (Å²) in [6, 6.07) is 35.0. The Labute approximate surface area is 474 Å². The van der Waals surface area contributed by atoms with Crippen molar-refractivity contribution in [3.05, 3.63) is 131 Å². The van der Waals surface area contributed by atoms with Crippen LogP contribution in [0.15, 0.2) is 109 Å². The topological polar surface area (TPSA) is 191 Å². The molecule has 0 aromatic heterocycles. The van der Waals surface area contributed by atoms with Gasteiger partial charge >= 0.3 is 18.6 Å². The summed E-state index contributed by atoms with van der Waals surface area (Å²) in [6.07, 6.45) is -5.29. The molecule has 4 aliphatic rings. The summed E-state index contributed by atoms with van der Waals surface area (Å²) < 4.78 is 64.8. The minimum Gasteiger partial charge on any atom is -0.482 e. The fourth-order valence-corrected chi connectivity index (χ4v) is 9.78. The number of cyclic esters (lactones) is 2. The number of hydrogen-bond acceptors (Lipinski definition) is 13. The van der Waals surface area contributed by atoms with Crippen LogP contribution in [-0.2, 0) is 14.2 Å². The van der Waals surface area contributed by atoms with Crippen molar-refractivity contribution in [2.75, 3.05) is 62.2 Å². The molecule has 2 saturated carbocycles. The normalized spacial score (nSPS) is 22.5. The van der Waals surface area contributed by atoms with Gasteiger partial charge in [-0.3, -0.25) is 9.80 Å². The van der Waals surface area contributed by atoms with E-state index < -0.39 is 59.5 Å². The van der Waals surface area contributed by atoms with Crippen LogP contribution < -0.4 is 20.9 Å². The number of nitrogens with two attached hydrogens (primary N) is 1. The number of nitrogens with zero attached hydrogens (tertiary/aromatic N) is 3. The summed E-state index contributed by atoms with van der Waals surface area (Å²) in [7, 11) is 0. The van der Waals surface area contributed by atoms with Crippen molar-refractivity contribution in [3.63, 3.8) is 0 Å². The van der Waals surface area contributed by atoms with Crippen LogP contribution in [0.2, 0.25) is 0 Å². The molecule has 4 aromatic rings. The number of rotatable bonds is 17. The van der Waals surface area contributed by atoms with Gasteiger partial charge in [-0.25, -0.2) is 27.2 Å². The number of aliphatic hydroxyl groups is 4. The van der Waals surface area contributed by atoms with Gasteiger partial charge < -0.3 is 50.6 Å². The highest BCUT2D eigenvalue weighted by Gasteiger charge is 2.35. The van der Waals surface area contributed by atoms with E-state index in [4.69, 9.17) is 19.9 Å². The lowest BCUT2D eigenvalue weighted by Crippen LogP contribution is -2.36. The number of carbonyl (C=O) groups is 2. The first-order valence-electron chi connectivity index (χ1n) is 27.4. The Hall–Kier alpha value is -5.32. The van der Waals surface area contributed by atoms with Crippen molar-refractivity contribution in [2.45, 2.75) is 147 Å². The first-order chi connectivity index (χ1) is 38.0. The monoisotopic (exact) mass is 1140 g/mol. The fourth-order valence-electron chi connectivity index (χ4n) is 9.61. The molecule has 2 heterocycles. The number of anilines is 2. The first-order valence-corrected chi connectivity index (χ1v) is 28.2. The molecule has 436 valence electrons. The fraction of sp³-hybridized carbons (Fsp3) is 0.525. The maximum absolute atomic E-state index is 12.4. The van der Waals surface area contributed by atoms with Gasteiger partial charge in [0.05, 0.1) is 50.7 Å². The van der Waals surface area contributed by atoms with Crippen LogP contribution in [0, 0.1) is 0 Å². The van der Waals surface area contributed by atoms with E-state index in [1.165, 1.54) is 24.5 Å².